The molecule has 126 valence electrons. The fourth-order valence-electron chi connectivity index (χ4n) is 1.98. The molecule has 0 aromatic heterocycles. The first-order chi connectivity index (χ1) is 11.3. The minimum absolute atomic E-state index is 0.200. The molecule has 0 aliphatic carbocycles. The quantitative estimate of drug-likeness (QED) is 0.771. The molecule has 0 saturated heterocycles. The van der Waals surface area contributed by atoms with Crippen molar-refractivity contribution in [1.82, 2.24) is 0 Å². The number of hydrogen-bond donors (Lipinski definition) is 1. The Hall–Kier alpha value is -2.41. The lowest BCUT2D eigenvalue weighted by Crippen LogP contribution is -2.07. The Kier molecular flexibility index (Phi) is 5.56. The molecule has 0 aliphatic rings. The van der Waals surface area contributed by atoms with Gasteiger partial charge in [0.2, 0.25) is 0 Å². The summed E-state index contributed by atoms with van der Waals surface area (Å²) < 4.78 is 44.8. The van der Waals surface area contributed by atoms with Crippen LogP contribution < -0.4 is 4.74 Å². The highest BCUT2D eigenvalue weighted by Gasteiger charge is 2.33. The highest BCUT2D eigenvalue weighted by molar-refractivity contribution is 7.99. The van der Waals surface area contributed by atoms with Crippen molar-refractivity contribution in [3.63, 3.8) is 0 Å². The number of benzene rings is 2. The Morgan fingerprint density at radius 2 is 1.92 bits per heavy atom. The van der Waals surface area contributed by atoms with Crippen molar-refractivity contribution in [3.8, 4) is 5.75 Å². The molecule has 0 saturated carbocycles. The van der Waals surface area contributed by atoms with Gasteiger partial charge in [0.15, 0.2) is 0 Å². The van der Waals surface area contributed by atoms with Crippen LogP contribution in [0.15, 0.2) is 58.3 Å². The molecule has 0 aliphatic heterocycles. The van der Waals surface area contributed by atoms with E-state index in [4.69, 9.17) is 9.84 Å². The minimum atomic E-state index is -4.59. The van der Waals surface area contributed by atoms with E-state index in [2.05, 4.69) is 0 Å². The lowest BCUT2D eigenvalue weighted by atomic mass is 10.1. The molecule has 2 rings (SSSR count). The number of carboxylic acids is 1. The number of aliphatic carboxylic acids is 1. The van der Waals surface area contributed by atoms with Gasteiger partial charge in [0.05, 0.1) is 17.6 Å². The van der Waals surface area contributed by atoms with Crippen LogP contribution in [0, 0.1) is 0 Å². The molecule has 0 radical (unpaired) electrons. The Morgan fingerprint density at radius 3 is 2.54 bits per heavy atom. The number of alkyl halides is 3. The predicted molar refractivity (Wildman–Crippen MR) is 85.2 cm³/mol. The Balaban J connectivity index is 2.41. The number of hydrogen-bond acceptors (Lipinski definition) is 3. The molecular weight excluding hydrogens is 341 g/mol. The van der Waals surface area contributed by atoms with Gasteiger partial charge in [0.1, 0.15) is 5.75 Å². The largest absolute Gasteiger partial charge is 0.496 e. The second kappa shape index (κ2) is 7.44. The summed E-state index contributed by atoms with van der Waals surface area (Å²) in [4.78, 5) is 11.6. The molecule has 0 unspecified atom stereocenters. The molecule has 2 aromatic rings. The van der Waals surface area contributed by atoms with Gasteiger partial charge >= 0.3 is 12.1 Å². The predicted octanol–water partition coefficient (Wildman–Crippen LogP) is 4.96. The number of carboxylic acid groups (broad SMARTS) is 1. The van der Waals surface area contributed by atoms with Gasteiger partial charge in [-0.2, -0.15) is 13.2 Å². The first kappa shape index (κ1) is 17.9. The SMILES string of the molecule is COc1ccccc1Sc1ccc(/C=C/C(=O)O)c(C(F)(F)F)c1. The number of carbonyl (C=O) groups is 1. The number of ether oxygens (including phenoxy) is 1. The summed E-state index contributed by atoms with van der Waals surface area (Å²) in [6.07, 6.45) is -2.98. The third-order valence-corrected chi connectivity index (χ3v) is 4.08. The van der Waals surface area contributed by atoms with E-state index in [1.165, 1.54) is 19.2 Å². The van der Waals surface area contributed by atoms with Crippen molar-refractivity contribution in [2.75, 3.05) is 7.11 Å². The molecule has 2 aromatic carbocycles. The summed E-state index contributed by atoms with van der Waals surface area (Å²) in [5.74, 6) is -0.749. The van der Waals surface area contributed by atoms with Crippen LogP contribution in [0.5, 0.6) is 5.75 Å². The van der Waals surface area contributed by atoms with Crippen molar-refractivity contribution >= 4 is 23.8 Å². The maximum Gasteiger partial charge on any atom is 0.417 e. The zero-order valence-corrected chi connectivity index (χ0v) is 13.3. The summed E-state index contributed by atoms with van der Waals surface area (Å²) in [5, 5.41) is 8.59. The Morgan fingerprint density at radius 1 is 1.21 bits per heavy atom. The highest BCUT2D eigenvalue weighted by atomic mass is 32.2. The second-order valence-corrected chi connectivity index (χ2v) is 5.79. The summed E-state index contributed by atoms with van der Waals surface area (Å²) in [7, 11) is 1.49. The number of methoxy groups -OCH3 is 1. The van der Waals surface area contributed by atoms with E-state index >= 15 is 0 Å². The van der Waals surface area contributed by atoms with Crippen molar-refractivity contribution in [2.24, 2.45) is 0 Å². The van der Waals surface area contributed by atoms with E-state index in [-0.39, 0.29) is 5.56 Å². The zero-order chi connectivity index (χ0) is 17.7. The topological polar surface area (TPSA) is 46.5 Å². The van der Waals surface area contributed by atoms with Crippen molar-refractivity contribution < 1.29 is 27.8 Å². The molecule has 0 bridgehead atoms. The summed E-state index contributed by atoms with van der Waals surface area (Å²) in [6, 6.07) is 10.8. The van der Waals surface area contributed by atoms with Gasteiger partial charge in [0, 0.05) is 11.0 Å². The van der Waals surface area contributed by atoms with Crippen LogP contribution in [0.1, 0.15) is 11.1 Å². The monoisotopic (exact) mass is 354 g/mol. The first-order valence-electron chi connectivity index (χ1n) is 6.74. The van der Waals surface area contributed by atoms with Gasteiger partial charge < -0.3 is 9.84 Å². The second-order valence-electron chi connectivity index (χ2n) is 4.67. The first-order valence-corrected chi connectivity index (χ1v) is 7.56. The highest BCUT2D eigenvalue weighted by Crippen LogP contribution is 2.39. The van der Waals surface area contributed by atoms with Gasteiger partial charge in [-0.25, -0.2) is 4.79 Å². The fraction of sp³-hybridized carbons (Fsp3) is 0.118. The Bertz CT molecular complexity index is 770. The molecular formula is C17H13F3O3S. The van der Waals surface area contributed by atoms with E-state index in [1.807, 2.05) is 0 Å². The van der Waals surface area contributed by atoms with Crippen LogP contribution in [0.2, 0.25) is 0 Å². The van der Waals surface area contributed by atoms with E-state index in [0.29, 0.717) is 21.6 Å². The lowest BCUT2D eigenvalue weighted by Gasteiger charge is -2.13. The number of rotatable bonds is 5. The average molecular weight is 354 g/mol. The molecule has 0 heterocycles. The van der Waals surface area contributed by atoms with Gasteiger partial charge in [0.25, 0.3) is 0 Å². The van der Waals surface area contributed by atoms with Crippen molar-refractivity contribution in [3.05, 3.63) is 59.7 Å². The van der Waals surface area contributed by atoms with Crippen LogP contribution in [0.25, 0.3) is 6.08 Å². The molecule has 0 fully saturated rings. The van der Waals surface area contributed by atoms with Gasteiger partial charge in [-0.15, -0.1) is 0 Å². The third-order valence-electron chi connectivity index (χ3n) is 3.03. The summed E-state index contributed by atoms with van der Waals surface area (Å²) in [5.41, 5.74) is -1.09. The van der Waals surface area contributed by atoms with Crippen LogP contribution in [0.4, 0.5) is 13.2 Å². The van der Waals surface area contributed by atoms with E-state index < -0.39 is 17.7 Å². The van der Waals surface area contributed by atoms with E-state index in [1.54, 1.807) is 24.3 Å². The van der Waals surface area contributed by atoms with E-state index in [0.717, 1.165) is 23.9 Å². The maximum atomic E-state index is 13.2. The smallest absolute Gasteiger partial charge is 0.417 e. The van der Waals surface area contributed by atoms with Gasteiger partial charge in [-0.1, -0.05) is 30.0 Å². The molecule has 24 heavy (non-hydrogen) atoms. The van der Waals surface area contributed by atoms with Crippen LogP contribution in [-0.4, -0.2) is 18.2 Å². The molecule has 0 atom stereocenters. The molecule has 0 spiro atoms. The van der Waals surface area contributed by atoms with Crippen molar-refractivity contribution in [1.29, 1.82) is 0 Å². The third kappa shape index (κ3) is 4.55. The van der Waals surface area contributed by atoms with Crippen molar-refractivity contribution in [2.45, 2.75) is 16.0 Å². The number of para-hydroxylation sites is 1. The maximum absolute atomic E-state index is 13.2. The summed E-state index contributed by atoms with van der Waals surface area (Å²) in [6.45, 7) is 0. The zero-order valence-electron chi connectivity index (χ0n) is 12.5. The summed E-state index contributed by atoms with van der Waals surface area (Å²) >= 11 is 1.14. The van der Waals surface area contributed by atoms with Gasteiger partial charge in [-0.3, -0.25) is 0 Å². The van der Waals surface area contributed by atoms with Crippen LogP contribution >= 0.6 is 11.8 Å². The van der Waals surface area contributed by atoms with Gasteiger partial charge in [-0.05, 0) is 35.9 Å². The molecule has 3 nitrogen and oxygen atoms in total. The molecule has 0 amide bonds. The average Bonchev–Trinajstić information content (AvgIpc) is 2.53. The minimum Gasteiger partial charge on any atom is -0.496 e. The normalized spacial score (nSPS) is 11.7. The lowest BCUT2D eigenvalue weighted by molar-refractivity contribution is -0.138. The fourth-order valence-corrected chi connectivity index (χ4v) is 2.95. The standard InChI is InChI=1S/C17H13F3O3S/c1-23-14-4-2-3-5-15(14)24-12-8-6-11(7-9-16(21)22)13(10-12)17(18,19)20/h2-10H,1H3,(H,21,22)/b9-7+. The van der Waals surface area contributed by atoms with E-state index in [9.17, 15) is 18.0 Å². The molecule has 7 heteroatoms. The molecule has 1 N–H and O–H groups in total. The van der Waals surface area contributed by atoms with Crippen LogP contribution in [-0.2, 0) is 11.0 Å². The van der Waals surface area contributed by atoms with Crippen LogP contribution in [0.3, 0.4) is 0 Å². The Labute approximate surface area is 140 Å². The number of halogens is 3.